The van der Waals surface area contributed by atoms with Gasteiger partial charge >= 0.3 is 0 Å². The van der Waals surface area contributed by atoms with Crippen LogP contribution in [0.4, 0.5) is 4.39 Å². The third kappa shape index (κ3) is 2.92. The predicted octanol–water partition coefficient (Wildman–Crippen LogP) is 1.60. The fourth-order valence-corrected chi connectivity index (χ4v) is 1.27. The summed E-state index contributed by atoms with van der Waals surface area (Å²) in [5, 5.41) is 2.79. The van der Waals surface area contributed by atoms with Gasteiger partial charge in [-0.25, -0.2) is 0 Å². The van der Waals surface area contributed by atoms with Gasteiger partial charge in [0.2, 0.25) is 0 Å². The first-order valence-corrected chi connectivity index (χ1v) is 4.60. The van der Waals surface area contributed by atoms with Gasteiger partial charge in [0.25, 0.3) is 0 Å². The molecule has 14 heavy (non-hydrogen) atoms. The summed E-state index contributed by atoms with van der Waals surface area (Å²) < 4.78 is 12.1. The van der Waals surface area contributed by atoms with Crippen LogP contribution in [0.1, 0.15) is 15.9 Å². The molecule has 1 aromatic carbocycles. The van der Waals surface area contributed by atoms with E-state index in [0.29, 0.717) is 18.5 Å². The summed E-state index contributed by atoms with van der Waals surface area (Å²) in [5.41, 5.74) is 1.51. The van der Waals surface area contributed by atoms with Gasteiger partial charge in [-0.15, -0.1) is 0 Å². The maximum Gasteiger partial charge on any atom is 0.176 e. The average molecular weight is 195 g/mol. The van der Waals surface area contributed by atoms with E-state index in [-0.39, 0.29) is 12.5 Å². The summed E-state index contributed by atoms with van der Waals surface area (Å²) in [4.78, 5) is 11.4. The van der Waals surface area contributed by atoms with Crippen molar-refractivity contribution in [1.82, 2.24) is 5.32 Å². The Kier molecular flexibility index (Phi) is 4.26. The monoisotopic (exact) mass is 195 g/mol. The first-order valence-electron chi connectivity index (χ1n) is 4.60. The summed E-state index contributed by atoms with van der Waals surface area (Å²) in [6, 6.07) is 7.12. The SMILES string of the molecule is CNCC(=O)c1cccc(CCF)c1. The quantitative estimate of drug-likeness (QED) is 0.723. The molecule has 1 N–H and O–H groups in total. The Bertz CT molecular complexity index is 312. The summed E-state index contributed by atoms with van der Waals surface area (Å²) in [5.74, 6) is 0.0354. The lowest BCUT2D eigenvalue weighted by atomic mass is 10.1. The van der Waals surface area contributed by atoms with Crippen LogP contribution in [-0.2, 0) is 6.42 Å². The molecule has 0 heterocycles. The molecule has 0 radical (unpaired) electrons. The van der Waals surface area contributed by atoms with Crippen molar-refractivity contribution in [1.29, 1.82) is 0 Å². The fourth-order valence-electron chi connectivity index (χ4n) is 1.27. The number of rotatable bonds is 5. The molecule has 0 aromatic heterocycles. The van der Waals surface area contributed by atoms with Crippen LogP contribution in [0.25, 0.3) is 0 Å². The molecule has 0 aliphatic carbocycles. The lowest BCUT2D eigenvalue weighted by Gasteiger charge is -2.02. The molecule has 1 rings (SSSR count). The van der Waals surface area contributed by atoms with E-state index in [1.54, 1.807) is 25.2 Å². The molecular weight excluding hydrogens is 181 g/mol. The molecule has 0 fully saturated rings. The molecule has 0 amide bonds. The van der Waals surface area contributed by atoms with Crippen molar-refractivity contribution in [3.8, 4) is 0 Å². The summed E-state index contributed by atoms with van der Waals surface area (Å²) in [6.45, 7) is -0.0667. The van der Waals surface area contributed by atoms with Crippen LogP contribution < -0.4 is 5.32 Å². The first-order chi connectivity index (χ1) is 6.77. The maximum absolute atomic E-state index is 12.1. The molecule has 3 heteroatoms. The second-order valence-corrected chi connectivity index (χ2v) is 3.09. The third-order valence-corrected chi connectivity index (χ3v) is 1.97. The van der Waals surface area contributed by atoms with Crippen molar-refractivity contribution in [2.24, 2.45) is 0 Å². The average Bonchev–Trinajstić information content (AvgIpc) is 2.19. The van der Waals surface area contributed by atoms with Crippen LogP contribution in [0.15, 0.2) is 24.3 Å². The van der Waals surface area contributed by atoms with Crippen molar-refractivity contribution in [2.75, 3.05) is 20.3 Å². The number of aryl methyl sites for hydroxylation is 1. The Morgan fingerprint density at radius 2 is 2.29 bits per heavy atom. The van der Waals surface area contributed by atoms with E-state index in [4.69, 9.17) is 0 Å². The van der Waals surface area contributed by atoms with Crippen LogP contribution in [0, 0.1) is 0 Å². The Labute approximate surface area is 83.1 Å². The Hall–Kier alpha value is -1.22. The van der Waals surface area contributed by atoms with Crippen LogP contribution in [0.5, 0.6) is 0 Å². The molecule has 76 valence electrons. The highest BCUT2D eigenvalue weighted by Crippen LogP contribution is 2.06. The van der Waals surface area contributed by atoms with Gasteiger partial charge in [-0.05, 0) is 18.7 Å². The Balaban J connectivity index is 2.77. The van der Waals surface area contributed by atoms with Crippen LogP contribution in [0.3, 0.4) is 0 Å². The van der Waals surface area contributed by atoms with Crippen LogP contribution in [-0.4, -0.2) is 26.1 Å². The van der Waals surface area contributed by atoms with E-state index in [9.17, 15) is 9.18 Å². The van der Waals surface area contributed by atoms with Crippen molar-refractivity contribution in [2.45, 2.75) is 6.42 Å². The van der Waals surface area contributed by atoms with E-state index in [1.807, 2.05) is 6.07 Å². The Morgan fingerprint density at radius 1 is 1.50 bits per heavy atom. The number of hydrogen-bond acceptors (Lipinski definition) is 2. The largest absolute Gasteiger partial charge is 0.313 e. The van der Waals surface area contributed by atoms with Crippen LogP contribution >= 0.6 is 0 Å². The molecule has 0 atom stereocenters. The maximum atomic E-state index is 12.1. The zero-order valence-electron chi connectivity index (χ0n) is 8.22. The van der Waals surface area contributed by atoms with Gasteiger partial charge in [-0.3, -0.25) is 9.18 Å². The number of ketones is 1. The summed E-state index contributed by atoms with van der Waals surface area (Å²) in [7, 11) is 1.73. The first kappa shape index (κ1) is 10.9. The highest BCUT2D eigenvalue weighted by atomic mass is 19.1. The number of alkyl halides is 1. The minimum Gasteiger partial charge on any atom is -0.313 e. The zero-order chi connectivity index (χ0) is 10.4. The van der Waals surface area contributed by atoms with E-state index in [1.165, 1.54) is 0 Å². The molecule has 0 saturated carbocycles. The second kappa shape index (κ2) is 5.50. The molecule has 0 aliphatic rings. The van der Waals surface area contributed by atoms with Gasteiger partial charge in [-0.2, -0.15) is 0 Å². The summed E-state index contributed by atoms with van der Waals surface area (Å²) >= 11 is 0. The lowest BCUT2D eigenvalue weighted by Crippen LogP contribution is -2.18. The Morgan fingerprint density at radius 3 is 2.93 bits per heavy atom. The van der Waals surface area contributed by atoms with Gasteiger partial charge in [0.1, 0.15) is 0 Å². The number of halogens is 1. The van der Waals surface area contributed by atoms with Gasteiger partial charge in [0.05, 0.1) is 13.2 Å². The topological polar surface area (TPSA) is 29.1 Å². The van der Waals surface area contributed by atoms with Gasteiger partial charge in [0.15, 0.2) is 5.78 Å². The molecule has 0 bridgehead atoms. The number of Topliss-reactive ketones (excluding diaryl/α,β-unsaturated/α-hetero) is 1. The van der Waals surface area contributed by atoms with Crippen molar-refractivity contribution >= 4 is 5.78 Å². The van der Waals surface area contributed by atoms with Gasteiger partial charge in [-0.1, -0.05) is 18.2 Å². The molecule has 0 saturated heterocycles. The molecule has 2 nitrogen and oxygen atoms in total. The number of carbonyl (C=O) groups excluding carboxylic acids is 1. The molecule has 0 aliphatic heterocycles. The summed E-state index contributed by atoms with van der Waals surface area (Å²) in [6.07, 6.45) is 0.376. The van der Waals surface area contributed by atoms with Crippen molar-refractivity contribution in [3.05, 3.63) is 35.4 Å². The molecule has 0 unspecified atom stereocenters. The smallest absolute Gasteiger partial charge is 0.176 e. The molecule has 0 spiro atoms. The highest BCUT2D eigenvalue weighted by Gasteiger charge is 2.04. The molecule has 1 aromatic rings. The number of nitrogens with one attached hydrogen (secondary N) is 1. The zero-order valence-corrected chi connectivity index (χ0v) is 8.22. The fraction of sp³-hybridized carbons (Fsp3) is 0.364. The normalized spacial score (nSPS) is 10.1. The van der Waals surface area contributed by atoms with E-state index in [0.717, 1.165) is 5.56 Å². The second-order valence-electron chi connectivity index (χ2n) is 3.09. The van der Waals surface area contributed by atoms with Gasteiger partial charge < -0.3 is 5.32 Å². The van der Waals surface area contributed by atoms with Crippen LogP contribution in [0.2, 0.25) is 0 Å². The minimum atomic E-state index is -0.385. The number of hydrogen-bond donors (Lipinski definition) is 1. The minimum absolute atomic E-state index is 0.0354. The molecular formula is C11H14FNO. The lowest BCUT2D eigenvalue weighted by molar-refractivity contribution is 0.0993. The van der Waals surface area contributed by atoms with E-state index in [2.05, 4.69) is 5.32 Å². The van der Waals surface area contributed by atoms with Crippen molar-refractivity contribution < 1.29 is 9.18 Å². The third-order valence-electron chi connectivity index (χ3n) is 1.97. The predicted molar refractivity (Wildman–Crippen MR) is 54.4 cm³/mol. The van der Waals surface area contributed by atoms with E-state index < -0.39 is 0 Å². The van der Waals surface area contributed by atoms with Gasteiger partial charge in [0, 0.05) is 12.0 Å². The number of likely N-dealkylation sites (N-methyl/N-ethyl adjacent to an activating group) is 1. The number of carbonyl (C=O) groups is 1. The van der Waals surface area contributed by atoms with E-state index >= 15 is 0 Å². The highest BCUT2D eigenvalue weighted by molar-refractivity contribution is 5.97. The number of benzene rings is 1. The standard InChI is InChI=1S/C11H14FNO/c1-13-8-11(14)10-4-2-3-9(7-10)5-6-12/h2-4,7,13H,5-6,8H2,1H3. The van der Waals surface area contributed by atoms with Crippen molar-refractivity contribution in [3.63, 3.8) is 0 Å².